The molecule has 0 radical (unpaired) electrons. The molecule has 0 saturated carbocycles. The number of thioether (sulfide) groups is 1. The minimum absolute atomic E-state index is 0.0733. The Labute approximate surface area is 138 Å². The standard InChI is InChI=1S/C17H16N2O3S/c20-16-4-2-1-3-15(16)17(21)19-18-9-12-5-7-13(8-6-12)22-14-10-23-11-14/h1-9,14,20H,10-11H2,(H,19,21)/b18-9+. The molecule has 118 valence electrons. The smallest absolute Gasteiger partial charge is 0.275 e. The van der Waals surface area contributed by atoms with Crippen LogP contribution in [0.15, 0.2) is 53.6 Å². The first kappa shape index (κ1) is 15.4. The zero-order valence-electron chi connectivity index (χ0n) is 12.3. The topological polar surface area (TPSA) is 70.9 Å². The van der Waals surface area contributed by atoms with Gasteiger partial charge in [0.15, 0.2) is 0 Å². The highest BCUT2D eigenvalue weighted by Crippen LogP contribution is 2.23. The molecule has 1 fully saturated rings. The molecule has 5 nitrogen and oxygen atoms in total. The number of phenolic OH excluding ortho intramolecular Hbond substituents is 1. The number of nitrogens with one attached hydrogen (secondary N) is 1. The molecule has 6 heteroatoms. The van der Waals surface area contributed by atoms with Gasteiger partial charge in [0, 0.05) is 11.5 Å². The van der Waals surface area contributed by atoms with Crippen molar-refractivity contribution in [3.8, 4) is 11.5 Å². The molecule has 2 N–H and O–H groups in total. The molecule has 0 unspecified atom stereocenters. The summed E-state index contributed by atoms with van der Waals surface area (Å²) >= 11 is 1.88. The molecule has 1 aliphatic rings. The largest absolute Gasteiger partial charge is 0.507 e. The number of phenols is 1. The molecular weight excluding hydrogens is 312 g/mol. The van der Waals surface area contributed by atoms with Gasteiger partial charge in [-0.1, -0.05) is 12.1 Å². The highest BCUT2D eigenvalue weighted by molar-refractivity contribution is 8.00. The summed E-state index contributed by atoms with van der Waals surface area (Å²) in [5, 5.41) is 13.5. The minimum atomic E-state index is -0.457. The van der Waals surface area contributed by atoms with E-state index in [1.807, 2.05) is 36.0 Å². The van der Waals surface area contributed by atoms with Gasteiger partial charge in [-0.25, -0.2) is 5.43 Å². The van der Waals surface area contributed by atoms with Crippen LogP contribution < -0.4 is 10.2 Å². The average Bonchev–Trinajstić information content (AvgIpc) is 2.52. The zero-order chi connectivity index (χ0) is 16.1. The van der Waals surface area contributed by atoms with Crippen LogP contribution in [0, 0.1) is 0 Å². The Morgan fingerprint density at radius 2 is 1.96 bits per heavy atom. The predicted molar refractivity (Wildman–Crippen MR) is 91.4 cm³/mol. The number of rotatable bonds is 5. The highest BCUT2D eigenvalue weighted by Gasteiger charge is 2.19. The van der Waals surface area contributed by atoms with Crippen LogP contribution in [0.5, 0.6) is 11.5 Å². The maximum Gasteiger partial charge on any atom is 0.275 e. The number of para-hydroxylation sites is 1. The fourth-order valence-electron chi connectivity index (χ4n) is 2.00. The monoisotopic (exact) mass is 328 g/mol. The van der Waals surface area contributed by atoms with Gasteiger partial charge in [0.05, 0.1) is 11.8 Å². The van der Waals surface area contributed by atoms with E-state index in [0.29, 0.717) is 6.10 Å². The first-order valence-corrected chi connectivity index (χ1v) is 8.34. The summed E-state index contributed by atoms with van der Waals surface area (Å²) < 4.78 is 5.76. The summed E-state index contributed by atoms with van der Waals surface area (Å²) in [4.78, 5) is 11.9. The van der Waals surface area contributed by atoms with E-state index in [9.17, 15) is 9.90 Å². The Morgan fingerprint density at radius 1 is 1.22 bits per heavy atom. The molecule has 3 rings (SSSR count). The Balaban J connectivity index is 1.55. The quantitative estimate of drug-likeness (QED) is 0.654. The van der Waals surface area contributed by atoms with Gasteiger partial charge >= 0.3 is 0 Å². The number of hydrogen-bond donors (Lipinski definition) is 2. The summed E-state index contributed by atoms with van der Waals surface area (Å²) in [5.74, 6) is 2.40. The molecule has 1 aliphatic heterocycles. The van der Waals surface area contributed by atoms with Crippen molar-refractivity contribution in [1.29, 1.82) is 0 Å². The fraction of sp³-hybridized carbons (Fsp3) is 0.176. The highest BCUT2D eigenvalue weighted by atomic mass is 32.2. The van der Waals surface area contributed by atoms with Crippen molar-refractivity contribution in [3.63, 3.8) is 0 Å². The Bertz CT molecular complexity index is 712. The third-order valence-electron chi connectivity index (χ3n) is 3.32. The normalized spacial score (nSPS) is 14.4. The molecule has 1 saturated heterocycles. The number of benzene rings is 2. The molecule has 0 atom stereocenters. The number of carbonyl (C=O) groups is 1. The second-order valence-electron chi connectivity index (χ2n) is 5.06. The maximum atomic E-state index is 11.9. The third-order valence-corrected chi connectivity index (χ3v) is 4.53. The molecule has 1 amide bonds. The number of carbonyl (C=O) groups excluding carboxylic acids is 1. The van der Waals surface area contributed by atoms with Crippen molar-refractivity contribution in [3.05, 3.63) is 59.7 Å². The lowest BCUT2D eigenvalue weighted by Gasteiger charge is -2.25. The lowest BCUT2D eigenvalue weighted by molar-refractivity contribution is 0.0952. The van der Waals surface area contributed by atoms with Crippen LogP contribution in [0.2, 0.25) is 0 Å². The van der Waals surface area contributed by atoms with E-state index in [4.69, 9.17) is 4.74 Å². The van der Waals surface area contributed by atoms with Gasteiger partial charge in [-0.2, -0.15) is 16.9 Å². The lowest BCUT2D eigenvalue weighted by atomic mass is 10.2. The second kappa shape index (κ2) is 7.19. The van der Waals surface area contributed by atoms with Crippen LogP contribution in [-0.4, -0.2) is 34.8 Å². The summed E-state index contributed by atoms with van der Waals surface area (Å²) in [5.41, 5.74) is 3.42. The van der Waals surface area contributed by atoms with Gasteiger partial charge < -0.3 is 9.84 Å². The molecule has 2 aromatic carbocycles. The predicted octanol–water partition coefficient (Wildman–Crippen LogP) is 2.65. The summed E-state index contributed by atoms with van der Waals surface area (Å²) in [6, 6.07) is 13.8. The van der Waals surface area contributed by atoms with Crippen LogP contribution in [-0.2, 0) is 0 Å². The van der Waals surface area contributed by atoms with Crippen LogP contribution in [0.1, 0.15) is 15.9 Å². The van der Waals surface area contributed by atoms with Crippen molar-refractivity contribution in [2.24, 2.45) is 5.10 Å². The van der Waals surface area contributed by atoms with Crippen LogP contribution >= 0.6 is 11.8 Å². The number of amides is 1. The maximum absolute atomic E-state index is 11.9. The van der Waals surface area contributed by atoms with Gasteiger partial charge in [-0.05, 0) is 42.0 Å². The molecule has 1 heterocycles. The molecule has 0 spiro atoms. The molecule has 2 aromatic rings. The van der Waals surface area contributed by atoms with E-state index in [1.165, 1.54) is 12.1 Å². The van der Waals surface area contributed by atoms with Gasteiger partial charge in [-0.15, -0.1) is 0 Å². The van der Waals surface area contributed by atoms with Gasteiger partial charge in [0.1, 0.15) is 17.6 Å². The van der Waals surface area contributed by atoms with Crippen LogP contribution in [0.25, 0.3) is 0 Å². The van der Waals surface area contributed by atoms with E-state index in [2.05, 4.69) is 10.5 Å². The number of aromatic hydroxyl groups is 1. The van der Waals surface area contributed by atoms with E-state index < -0.39 is 5.91 Å². The number of hydrogen-bond acceptors (Lipinski definition) is 5. The minimum Gasteiger partial charge on any atom is -0.507 e. The van der Waals surface area contributed by atoms with E-state index in [0.717, 1.165) is 22.8 Å². The van der Waals surface area contributed by atoms with Crippen molar-refractivity contribution in [2.45, 2.75) is 6.10 Å². The van der Waals surface area contributed by atoms with Crippen molar-refractivity contribution < 1.29 is 14.6 Å². The van der Waals surface area contributed by atoms with Crippen molar-refractivity contribution >= 4 is 23.9 Å². The molecule has 0 bridgehead atoms. The SMILES string of the molecule is O=C(N/N=C/c1ccc(OC2CSC2)cc1)c1ccccc1O. The van der Waals surface area contributed by atoms with E-state index in [-0.39, 0.29) is 11.3 Å². The Morgan fingerprint density at radius 3 is 2.61 bits per heavy atom. The molecular formula is C17H16N2O3S. The van der Waals surface area contributed by atoms with Crippen LogP contribution in [0.3, 0.4) is 0 Å². The van der Waals surface area contributed by atoms with E-state index >= 15 is 0 Å². The zero-order valence-corrected chi connectivity index (χ0v) is 13.1. The summed E-state index contributed by atoms with van der Waals surface area (Å²) in [6.45, 7) is 0. The van der Waals surface area contributed by atoms with Gasteiger partial charge in [0.2, 0.25) is 0 Å². The molecule has 0 aliphatic carbocycles. The van der Waals surface area contributed by atoms with E-state index in [1.54, 1.807) is 18.3 Å². The summed E-state index contributed by atoms with van der Waals surface area (Å²) in [7, 11) is 0. The van der Waals surface area contributed by atoms with Crippen LogP contribution in [0.4, 0.5) is 0 Å². The van der Waals surface area contributed by atoms with Crippen molar-refractivity contribution in [1.82, 2.24) is 5.43 Å². The lowest BCUT2D eigenvalue weighted by Crippen LogP contribution is -2.30. The van der Waals surface area contributed by atoms with Gasteiger partial charge in [0.25, 0.3) is 5.91 Å². The third kappa shape index (κ3) is 4.04. The Kier molecular flexibility index (Phi) is 4.83. The average molecular weight is 328 g/mol. The Hall–Kier alpha value is -2.47. The molecule has 23 heavy (non-hydrogen) atoms. The number of hydrazone groups is 1. The molecule has 0 aromatic heterocycles. The summed E-state index contributed by atoms with van der Waals surface area (Å²) in [6.07, 6.45) is 1.86. The van der Waals surface area contributed by atoms with Gasteiger partial charge in [-0.3, -0.25) is 4.79 Å². The fourth-order valence-corrected chi connectivity index (χ4v) is 2.56. The number of ether oxygens (including phenoxy) is 1. The first-order valence-electron chi connectivity index (χ1n) is 7.18. The number of nitrogens with zero attached hydrogens (tertiary/aromatic N) is 1. The second-order valence-corrected chi connectivity index (χ2v) is 6.14. The first-order chi connectivity index (χ1) is 11.2. The van der Waals surface area contributed by atoms with Crippen molar-refractivity contribution in [2.75, 3.05) is 11.5 Å².